The SMILES string of the molecule is CCC1(CC)CCN(CCCCC(C)(C#N)NC)CC1. The smallest absolute Gasteiger partial charge is 0.103 e. The zero-order valence-corrected chi connectivity index (χ0v) is 14.0. The number of hydrogen-bond donors (Lipinski definition) is 1. The van der Waals surface area contributed by atoms with Crippen LogP contribution in [0.5, 0.6) is 0 Å². The van der Waals surface area contributed by atoms with Gasteiger partial charge in [0.25, 0.3) is 0 Å². The van der Waals surface area contributed by atoms with Gasteiger partial charge in [-0.2, -0.15) is 5.26 Å². The van der Waals surface area contributed by atoms with Gasteiger partial charge in [0, 0.05) is 0 Å². The van der Waals surface area contributed by atoms with Crippen molar-refractivity contribution in [2.45, 2.75) is 71.3 Å². The molecule has 0 aromatic heterocycles. The van der Waals surface area contributed by atoms with Crippen molar-refractivity contribution in [1.82, 2.24) is 10.2 Å². The van der Waals surface area contributed by atoms with Crippen LogP contribution in [0.4, 0.5) is 0 Å². The summed E-state index contributed by atoms with van der Waals surface area (Å²) in [5.41, 5.74) is 0.281. The van der Waals surface area contributed by atoms with Crippen molar-refractivity contribution in [3.8, 4) is 6.07 Å². The summed E-state index contributed by atoms with van der Waals surface area (Å²) in [6.07, 6.45) is 8.69. The summed E-state index contributed by atoms with van der Waals surface area (Å²) in [6, 6.07) is 2.37. The number of nitriles is 1. The van der Waals surface area contributed by atoms with E-state index >= 15 is 0 Å². The number of rotatable bonds is 8. The van der Waals surface area contributed by atoms with Gasteiger partial charge in [-0.3, -0.25) is 0 Å². The van der Waals surface area contributed by atoms with Gasteiger partial charge < -0.3 is 10.2 Å². The highest BCUT2D eigenvalue weighted by Gasteiger charge is 2.30. The van der Waals surface area contributed by atoms with E-state index < -0.39 is 0 Å². The minimum atomic E-state index is -0.346. The molecule has 1 atom stereocenters. The Labute approximate surface area is 125 Å². The molecule has 0 radical (unpaired) electrons. The van der Waals surface area contributed by atoms with E-state index in [0.717, 1.165) is 12.8 Å². The Morgan fingerprint density at radius 3 is 2.25 bits per heavy atom. The second-order valence-electron chi connectivity index (χ2n) is 6.70. The lowest BCUT2D eigenvalue weighted by Gasteiger charge is -2.41. The highest BCUT2D eigenvalue weighted by Crippen LogP contribution is 2.37. The summed E-state index contributed by atoms with van der Waals surface area (Å²) in [5.74, 6) is 0. The van der Waals surface area contributed by atoms with Crippen molar-refractivity contribution in [2.24, 2.45) is 5.41 Å². The molecule has 1 heterocycles. The van der Waals surface area contributed by atoms with E-state index in [4.69, 9.17) is 5.26 Å². The Hall–Kier alpha value is -0.590. The second kappa shape index (κ2) is 8.00. The number of unbranched alkanes of at least 4 members (excludes halogenated alkanes) is 1. The molecule has 0 aromatic carbocycles. The molecule has 0 aromatic rings. The summed E-state index contributed by atoms with van der Waals surface area (Å²) >= 11 is 0. The summed E-state index contributed by atoms with van der Waals surface area (Å²) < 4.78 is 0. The summed E-state index contributed by atoms with van der Waals surface area (Å²) in [6.45, 7) is 10.4. The average Bonchev–Trinajstić information content (AvgIpc) is 2.52. The maximum atomic E-state index is 9.12. The monoisotopic (exact) mass is 279 g/mol. The first-order chi connectivity index (χ1) is 9.53. The van der Waals surface area contributed by atoms with Crippen LogP contribution in [0.25, 0.3) is 0 Å². The van der Waals surface area contributed by atoms with Crippen LogP contribution in [0.3, 0.4) is 0 Å². The number of likely N-dealkylation sites (tertiary alicyclic amines) is 1. The number of nitrogens with zero attached hydrogens (tertiary/aromatic N) is 2. The third-order valence-electron chi connectivity index (χ3n) is 5.62. The minimum absolute atomic E-state index is 0.346. The van der Waals surface area contributed by atoms with Crippen molar-refractivity contribution < 1.29 is 0 Å². The Balaban J connectivity index is 2.21. The highest BCUT2D eigenvalue weighted by atomic mass is 15.1. The fourth-order valence-electron chi connectivity index (χ4n) is 3.26. The Morgan fingerprint density at radius 1 is 1.20 bits per heavy atom. The van der Waals surface area contributed by atoms with Crippen molar-refractivity contribution in [3.63, 3.8) is 0 Å². The molecule has 1 aliphatic heterocycles. The van der Waals surface area contributed by atoms with Gasteiger partial charge >= 0.3 is 0 Å². The zero-order chi connectivity index (χ0) is 15.1. The van der Waals surface area contributed by atoms with Crippen molar-refractivity contribution in [1.29, 1.82) is 5.26 Å². The Bertz CT molecular complexity index is 307. The fourth-order valence-corrected chi connectivity index (χ4v) is 3.26. The largest absolute Gasteiger partial charge is 0.303 e. The molecular formula is C17H33N3. The van der Waals surface area contributed by atoms with Crippen LogP contribution in [0.15, 0.2) is 0 Å². The highest BCUT2D eigenvalue weighted by molar-refractivity contribution is 5.02. The predicted octanol–water partition coefficient (Wildman–Crippen LogP) is 3.56. The average molecular weight is 279 g/mol. The molecule has 1 N–H and O–H groups in total. The van der Waals surface area contributed by atoms with Gasteiger partial charge in [-0.15, -0.1) is 0 Å². The normalized spacial score (nSPS) is 22.1. The molecule has 3 nitrogen and oxygen atoms in total. The zero-order valence-electron chi connectivity index (χ0n) is 14.0. The molecule has 20 heavy (non-hydrogen) atoms. The lowest BCUT2D eigenvalue weighted by atomic mass is 9.74. The third kappa shape index (κ3) is 4.75. The van der Waals surface area contributed by atoms with E-state index in [-0.39, 0.29) is 5.54 Å². The summed E-state index contributed by atoms with van der Waals surface area (Å²) in [7, 11) is 1.88. The van der Waals surface area contributed by atoms with Crippen LogP contribution >= 0.6 is 0 Å². The maximum absolute atomic E-state index is 9.12. The lowest BCUT2D eigenvalue weighted by molar-refractivity contribution is 0.0940. The molecule has 1 aliphatic rings. The van der Waals surface area contributed by atoms with E-state index in [0.29, 0.717) is 5.41 Å². The van der Waals surface area contributed by atoms with Crippen molar-refractivity contribution in [2.75, 3.05) is 26.7 Å². The molecule has 0 spiro atoms. The third-order valence-corrected chi connectivity index (χ3v) is 5.62. The van der Waals surface area contributed by atoms with E-state index in [1.54, 1.807) is 0 Å². The molecule has 1 rings (SSSR count). The molecule has 1 fully saturated rings. The van der Waals surface area contributed by atoms with Gasteiger partial charge in [-0.05, 0) is 71.1 Å². The number of piperidine rings is 1. The van der Waals surface area contributed by atoms with Gasteiger partial charge in [0.05, 0.1) is 6.07 Å². The van der Waals surface area contributed by atoms with E-state index in [2.05, 4.69) is 30.1 Å². The number of nitrogens with one attached hydrogen (secondary N) is 1. The topological polar surface area (TPSA) is 39.1 Å². The first kappa shape index (κ1) is 17.5. The van der Waals surface area contributed by atoms with Crippen LogP contribution < -0.4 is 5.32 Å². The van der Waals surface area contributed by atoms with Crippen LogP contribution in [0, 0.1) is 16.7 Å². The van der Waals surface area contributed by atoms with Crippen LogP contribution in [0.2, 0.25) is 0 Å². The van der Waals surface area contributed by atoms with Gasteiger partial charge in [-0.25, -0.2) is 0 Å². The van der Waals surface area contributed by atoms with E-state index in [1.807, 2.05) is 14.0 Å². The lowest BCUT2D eigenvalue weighted by Crippen LogP contribution is -2.40. The van der Waals surface area contributed by atoms with E-state index in [9.17, 15) is 0 Å². The molecule has 0 bridgehead atoms. The summed E-state index contributed by atoms with van der Waals surface area (Å²) in [5, 5.41) is 12.2. The molecular weight excluding hydrogens is 246 g/mol. The first-order valence-electron chi connectivity index (χ1n) is 8.35. The van der Waals surface area contributed by atoms with Gasteiger partial charge in [-0.1, -0.05) is 26.7 Å². The first-order valence-corrected chi connectivity index (χ1v) is 8.35. The van der Waals surface area contributed by atoms with Gasteiger partial charge in [0.2, 0.25) is 0 Å². The second-order valence-corrected chi connectivity index (χ2v) is 6.70. The molecule has 0 amide bonds. The quantitative estimate of drug-likeness (QED) is 0.691. The Morgan fingerprint density at radius 2 is 1.80 bits per heavy atom. The van der Waals surface area contributed by atoms with Crippen LogP contribution in [-0.4, -0.2) is 37.1 Å². The van der Waals surface area contributed by atoms with Gasteiger partial charge in [0.15, 0.2) is 0 Å². The standard InChI is InChI=1S/C17H33N3/c1-5-17(6-2)10-13-20(14-11-17)12-8-7-9-16(3,15-18)19-4/h19H,5-14H2,1-4H3. The van der Waals surface area contributed by atoms with Crippen molar-refractivity contribution >= 4 is 0 Å². The maximum Gasteiger partial charge on any atom is 0.103 e. The molecule has 0 aliphatic carbocycles. The fraction of sp³-hybridized carbons (Fsp3) is 0.941. The molecule has 1 saturated heterocycles. The molecule has 3 heteroatoms. The summed E-state index contributed by atoms with van der Waals surface area (Å²) in [4.78, 5) is 2.62. The predicted molar refractivity (Wildman–Crippen MR) is 85.6 cm³/mol. The molecule has 1 unspecified atom stereocenters. The van der Waals surface area contributed by atoms with E-state index in [1.165, 1.54) is 51.7 Å². The van der Waals surface area contributed by atoms with Crippen molar-refractivity contribution in [3.05, 3.63) is 0 Å². The van der Waals surface area contributed by atoms with Gasteiger partial charge in [0.1, 0.15) is 5.54 Å². The van der Waals surface area contributed by atoms with Crippen LogP contribution in [-0.2, 0) is 0 Å². The molecule has 0 saturated carbocycles. The number of hydrogen-bond acceptors (Lipinski definition) is 3. The molecule has 116 valence electrons. The Kier molecular flexibility index (Phi) is 6.99. The van der Waals surface area contributed by atoms with Crippen LogP contribution in [0.1, 0.15) is 65.7 Å². The minimum Gasteiger partial charge on any atom is -0.303 e.